The highest BCUT2D eigenvalue weighted by Crippen LogP contribution is 2.32. The SMILES string of the molecule is CCOC(=O)Oc1cc(C)ccc1C(C)I. The lowest BCUT2D eigenvalue weighted by molar-refractivity contribution is 0.104. The molecule has 0 bridgehead atoms. The molecule has 0 aromatic heterocycles. The number of rotatable bonds is 3. The van der Waals surface area contributed by atoms with Crippen molar-refractivity contribution in [3.8, 4) is 5.75 Å². The molecule has 0 aliphatic heterocycles. The van der Waals surface area contributed by atoms with E-state index in [-0.39, 0.29) is 3.92 Å². The van der Waals surface area contributed by atoms with Gasteiger partial charge < -0.3 is 9.47 Å². The van der Waals surface area contributed by atoms with Gasteiger partial charge in [-0.3, -0.25) is 0 Å². The zero-order valence-corrected chi connectivity index (χ0v) is 11.8. The first-order valence-corrected chi connectivity index (χ1v) is 6.38. The summed E-state index contributed by atoms with van der Waals surface area (Å²) in [4.78, 5) is 11.3. The van der Waals surface area contributed by atoms with Crippen molar-refractivity contribution < 1.29 is 14.3 Å². The number of benzene rings is 1. The number of ether oxygens (including phenoxy) is 2. The zero-order valence-electron chi connectivity index (χ0n) is 9.62. The van der Waals surface area contributed by atoms with Gasteiger partial charge in [-0.15, -0.1) is 0 Å². The van der Waals surface area contributed by atoms with E-state index in [9.17, 15) is 4.79 Å². The minimum atomic E-state index is -0.647. The molecule has 16 heavy (non-hydrogen) atoms. The second-order valence-electron chi connectivity index (χ2n) is 3.44. The molecule has 0 saturated heterocycles. The fourth-order valence-electron chi connectivity index (χ4n) is 1.30. The van der Waals surface area contributed by atoms with Gasteiger partial charge in [-0.2, -0.15) is 0 Å². The molecule has 4 heteroatoms. The third-order valence-corrected chi connectivity index (χ3v) is 2.72. The molecular weight excluding hydrogens is 319 g/mol. The molecule has 0 spiro atoms. The molecule has 88 valence electrons. The molecule has 1 unspecified atom stereocenters. The summed E-state index contributed by atoms with van der Waals surface area (Å²) in [5, 5.41) is 0. The summed E-state index contributed by atoms with van der Waals surface area (Å²) in [6.07, 6.45) is -0.647. The molecular formula is C12H15IO3. The smallest absolute Gasteiger partial charge is 0.434 e. The minimum absolute atomic E-state index is 0.280. The Labute approximate surface area is 109 Å². The van der Waals surface area contributed by atoms with Crippen LogP contribution in [0, 0.1) is 6.92 Å². The number of carbonyl (C=O) groups excluding carboxylic acids is 1. The summed E-state index contributed by atoms with van der Waals surface area (Å²) >= 11 is 2.28. The third kappa shape index (κ3) is 3.66. The van der Waals surface area contributed by atoms with E-state index in [0.29, 0.717) is 12.4 Å². The summed E-state index contributed by atoms with van der Waals surface area (Å²) in [5.74, 6) is 0.584. The Balaban J connectivity index is 2.92. The highest BCUT2D eigenvalue weighted by molar-refractivity contribution is 14.1. The highest BCUT2D eigenvalue weighted by atomic mass is 127. The van der Waals surface area contributed by atoms with Gasteiger partial charge in [-0.05, 0) is 32.4 Å². The Bertz CT molecular complexity index is 375. The van der Waals surface area contributed by atoms with E-state index < -0.39 is 6.16 Å². The molecule has 0 fully saturated rings. The molecule has 1 rings (SSSR count). The van der Waals surface area contributed by atoms with Crippen LogP contribution in [0.25, 0.3) is 0 Å². The molecule has 0 heterocycles. The number of alkyl halides is 1. The third-order valence-electron chi connectivity index (χ3n) is 2.05. The Kier molecular flexibility index (Phi) is 5.05. The Morgan fingerprint density at radius 3 is 2.75 bits per heavy atom. The van der Waals surface area contributed by atoms with Crippen LogP contribution in [0.5, 0.6) is 5.75 Å². The van der Waals surface area contributed by atoms with Gasteiger partial charge in [0.15, 0.2) is 0 Å². The van der Waals surface area contributed by atoms with Crippen molar-refractivity contribution in [2.45, 2.75) is 24.7 Å². The van der Waals surface area contributed by atoms with Gasteiger partial charge in [0.1, 0.15) is 5.75 Å². The summed E-state index contributed by atoms with van der Waals surface area (Å²) in [5.41, 5.74) is 2.05. The second-order valence-corrected chi connectivity index (χ2v) is 5.31. The number of halogens is 1. The van der Waals surface area contributed by atoms with Crippen LogP contribution in [0.1, 0.15) is 28.9 Å². The molecule has 0 amide bonds. The quantitative estimate of drug-likeness (QED) is 0.362. The molecule has 1 aromatic carbocycles. The summed E-state index contributed by atoms with van der Waals surface area (Å²) < 4.78 is 10.2. The predicted octanol–water partition coefficient (Wildman–Crippen LogP) is 4.03. The average Bonchev–Trinajstić information content (AvgIpc) is 2.17. The molecule has 0 radical (unpaired) electrons. The van der Waals surface area contributed by atoms with Crippen molar-refractivity contribution in [2.75, 3.05) is 6.61 Å². The van der Waals surface area contributed by atoms with Gasteiger partial charge in [0, 0.05) is 9.49 Å². The van der Waals surface area contributed by atoms with E-state index in [1.165, 1.54) is 0 Å². The van der Waals surface area contributed by atoms with Crippen molar-refractivity contribution >= 4 is 28.7 Å². The van der Waals surface area contributed by atoms with Crippen molar-refractivity contribution in [3.63, 3.8) is 0 Å². The van der Waals surface area contributed by atoms with Crippen LogP contribution in [-0.4, -0.2) is 12.8 Å². The number of carbonyl (C=O) groups is 1. The van der Waals surface area contributed by atoms with E-state index in [1.54, 1.807) is 6.92 Å². The Morgan fingerprint density at radius 1 is 1.50 bits per heavy atom. The molecule has 0 aliphatic carbocycles. The number of hydrogen-bond donors (Lipinski definition) is 0. The molecule has 3 nitrogen and oxygen atoms in total. The first kappa shape index (κ1) is 13.3. The van der Waals surface area contributed by atoms with Crippen molar-refractivity contribution in [1.82, 2.24) is 0 Å². The van der Waals surface area contributed by atoms with Crippen LogP contribution < -0.4 is 4.74 Å². The van der Waals surface area contributed by atoms with Crippen LogP contribution >= 0.6 is 22.6 Å². The van der Waals surface area contributed by atoms with E-state index in [0.717, 1.165) is 11.1 Å². The van der Waals surface area contributed by atoms with E-state index in [4.69, 9.17) is 9.47 Å². The Morgan fingerprint density at radius 2 is 2.19 bits per heavy atom. The van der Waals surface area contributed by atoms with Crippen molar-refractivity contribution in [1.29, 1.82) is 0 Å². The highest BCUT2D eigenvalue weighted by Gasteiger charge is 2.13. The van der Waals surface area contributed by atoms with E-state index in [1.807, 2.05) is 32.0 Å². The number of hydrogen-bond acceptors (Lipinski definition) is 3. The molecule has 0 aliphatic rings. The van der Waals surface area contributed by atoms with Crippen molar-refractivity contribution in [2.24, 2.45) is 0 Å². The predicted molar refractivity (Wildman–Crippen MR) is 71.3 cm³/mol. The zero-order chi connectivity index (χ0) is 12.1. The summed E-state index contributed by atoms with van der Waals surface area (Å²) in [7, 11) is 0. The maximum absolute atomic E-state index is 11.3. The summed E-state index contributed by atoms with van der Waals surface area (Å²) in [6, 6.07) is 5.82. The molecule has 1 atom stereocenters. The van der Waals surface area contributed by atoms with Crippen LogP contribution in [0.2, 0.25) is 0 Å². The standard InChI is InChI=1S/C12H15IO3/c1-4-15-12(14)16-11-7-8(2)5-6-10(11)9(3)13/h5-7,9H,4H2,1-3H3. The van der Waals surface area contributed by atoms with Gasteiger partial charge in [0.05, 0.1) is 6.61 Å². The van der Waals surface area contributed by atoms with Crippen LogP contribution in [0.4, 0.5) is 4.79 Å². The maximum atomic E-state index is 11.3. The Hall–Kier alpha value is -0.780. The largest absolute Gasteiger partial charge is 0.513 e. The molecule has 1 aromatic rings. The van der Waals surface area contributed by atoms with E-state index in [2.05, 4.69) is 22.6 Å². The van der Waals surface area contributed by atoms with Crippen LogP contribution in [0.15, 0.2) is 18.2 Å². The van der Waals surface area contributed by atoms with Gasteiger partial charge in [-0.25, -0.2) is 4.79 Å². The lowest BCUT2D eigenvalue weighted by atomic mass is 10.1. The molecule has 0 N–H and O–H groups in total. The maximum Gasteiger partial charge on any atom is 0.513 e. The second kappa shape index (κ2) is 6.08. The lowest BCUT2D eigenvalue weighted by Crippen LogP contribution is -2.11. The first-order valence-electron chi connectivity index (χ1n) is 5.13. The average molecular weight is 334 g/mol. The number of aryl methyl sites for hydroxylation is 1. The fraction of sp³-hybridized carbons (Fsp3) is 0.417. The molecule has 0 saturated carbocycles. The lowest BCUT2D eigenvalue weighted by Gasteiger charge is -2.12. The van der Waals surface area contributed by atoms with Gasteiger partial charge in [0.25, 0.3) is 0 Å². The van der Waals surface area contributed by atoms with Crippen molar-refractivity contribution in [3.05, 3.63) is 29.3 Å². The fourth-order valence-corrected chi connectivity index (χ4v) is 1.81. The monoisotopic (exact) mass is 334 g/mol. The van der Waals surface area contributed by atoms with Crippen LogP contribution in [0.3, 0.4) is 0 Å². The first-order chi connectivity index (χ1) is 7.54. The topological polar surface area (TPSA) is 35.5 Å². The van der Waals surface area contributed by atoms with Gasteiger partial charge in [-0.1, -0.05) is 34.7 Å². The van der Waals surface area contributed by atoms with E-state index >= 15 is 0 Å². The van der Waals surface area contributed by atoms with Crippen LogP contribution in [-0.2, 0) is 4.74 Å². The van der Waals surface area contributed by atoms with Gasteiger partial charge >= 0.3 is 6.16 Å². The summed E-state index contributed by atoms with van der Waals surface area (Å²) in [6.45, 7) is 6.07. The minimum Gasteiger partial charge on any atom is -0.434 e. The van der Waals surface area contributed by atoms with Gasteiger partial charge in [0.2, 0.25) is 0 Å². The normalized spacial score (nSPS) is 12.0.